The molecule has 0 radical (unpaired) electrons. The summed E-state index contributed by atoms with van der Waals surface area (Å²) in [5, 5.41) is 20.4. The fourth-order valence-corrected chi connectivity index (χ4v) is 4.53. The Morgan fingerprint density at radius 3 is 2.26 bits per heavy atom. The Hall–Kier alpha value is -3.19. The molecule has 4 nitrogen and oxygen atoms in total. The molecule has 0 aliphatic carbocycles. The first-order valence-electron chi connectivity index (χ1n) is 7.97. The van der Waals surface area contributed by atoms with Gasteiger partial charge in [-0.2, -0.15) is 10.5 Å². The van der Waals surface area contributed by atoms with Gasteiger partial charge in [0.2, 0.25) is 9.84 Å². The quantitative estimate of drug-likeness (QED) is 0.591. The number of hydrogen-bond donors (Lipinski definition) is 0. The largest absolute Gasteiger partial charge is 0.218 e. The lowest BCUT2D eigenvalue weighted by Crippen LogP contribution is -2.03. The molecular weight excluding hydrogens is 376 g/mol. The number of benzene rings is 2. The number of thiophene rings is 1. The Balaban J connectivity index is 1.96. The average Bonchev–Trinajstić information content (AvgIpc) is 3.15. The molecule has 1 aromatic heterocycles. The lowest BCUT2D eigenvalue weighted by Gasteiger charge is -2.04. The van der Waals surface area contributed by atoms with Crippen molar-refractivity contribution in [3.05, 3.63) is 81.6 Å². The van der Waals surface area contributed by atoms with Crippen LogP contribution in [0.5, 0.6) is 0 Å². The first-order valence-corrected chi connectivity index (χ1v) is 10.3. The van der Waals surface area contributed by atoms with Crippen molar-refractivity contribution in [2.24, 2.45) is 0 Å². The molecule has 0 unspecified atom stereocenters. The van der Waals surface area contributed by atoms with E-state index in [0.29, 0.717) is 11.1 Å². The molecule has 0 N–H and O–H groups in total. The minimum atomic E-state index is -3.87. The van der Waals surface area contributed by atoms with Crippen LogP contribution in [0.15, 0.2) is 69.8 Å². The van der Waals surface area contributed by atoms with E-state index in [9.17, 15) is 13.7 Å². The number of rotatable bonds is 4. The Bertz CT molecular complexity index is 1190. The first-order chi connectivity index (χ1) is 13.0. The van der Waals surface area contributed by atoms with Crippen molar-refractivity contribution in [2.45, 2.75) is 11.8 Å². The van der Waals surface area contributed by atoms with Crippen LogP contribution in [0.25, 0.3) is 16.5 Å². The van der Waals surface area contributed by atoms with Gasteiger partial charge in [0.15, 0.2) is 0 Å². The predicted octanol–water partition coefficient (Wildman–Crippen LogP) is 4.93. The van der Waals surface area contributed by atoms with E-state index in [1.807, 2.05) is 24.4 Å². The standard InChI is InChI=1S/C21H14N2O2S2/c1-15-2-8-19(9-3-15)27(24,25)20(14-23)12-16-4-6-17(7-5-16)21-18(13-22)10-11-26-21/h2-12H,1H3. The van der Waals surface area contributed by atoms with E-state index in [1.54, 1.807) is 36.4 Å². The zero-order valence-electron chi connectivity index (χ0n) is 14.4. The zero-order valence-corrected chi connectivity index (χ0v) is 16.0. The summed E-state index contributed by atoms with van der Waals surface area (Å²) in [6.45, 7) is 1.87. The number of allylic oxidation sites excluding steroid dienone is 1. The van der Waals surface area contributed by atoms with Gasteiger partial charge in [-0.1, -0.05) is 42.0 Å². The molecule has 0 amide bonds. The second-order valence-corrected chi connectivity index (χ2v) is 8.67. The zero-order chi connectivity index (χ0) is 19.4. The van der Waals surface area contributed by atoms with Gasteiger partial charge in [-0.25, -0.2) is 8.42 Å². The van der Waals surface area contributed by atoms with E-state index < -0.39 is 9.84 Å². The van der Waals surface area contributed by atoms with Crippen LogP contribution in [-0.2, 0) is 9.84 Å². The van der Waals surface area contributed by atoms with E-state index in [0.717, 1.165) is 16.0 Å². The third-order valence-electron chi connectivity index (χ3n) is 3.99. The molecule has 2 aromatic carbocycles. The molecule has 0 atom stereocenters. The smallest absolute Gasteiger partial charge is 0.216 e. The first kappa shape index (κ1) is 18.6. The minimum absolute atomic E-state index is 0.0924. The molecule has 0 aliphatic rings. The fourth-order valence-electron chi connectivity index (χ4n) is 2.52. The SMILES string of the molecule is Cc1ccc(S(=O)(=O)C(C#N)=Cc2ccc(-c3sccc3C#N)cc2)cc1. The summed E-state index contributed by atoms with van der Waals surface area (Å²) >= 11 is 1.47. The highest BCUT2D eigenvalue weighted by Gasteiger charge is 2.20. The molecule has 0 saturated heterocycles. The van der Waals surface area contributed by atoms with Crippen LogP contribution in [0.4, 0.5) is 0 Å². The van der Waals surface area contributed by atoms with Crippen LogP contribution in [0.2, 0.25) is 0 Å². The normalized spacial score (nSPS) is 11.6. The van der Waals surface area contributed by atoms with Crippen LogP contribution in [0, 0.1) is 29.6 Å². The maximum Gasteiger partial charge on any atom is 0.216 e. The molecule has 0 aliphatic heterocycles. The molecule has 27 heavy (non-hydrogen) atoms. The van der Waals surface area contributed by atoms with Crippen molar-refractivity contribution in [1.82, 2.24) is 0 Å². The van der Waals surface area contributed by atoms with Crippen LogP contribution in [0.1, 0.15) is 16.7 Å². The van der Waals surface area contributed by atoms with Gasteiger partial charge in [0.1, 0.15) is 17.0 Å². The van der Waals surface area contributed by atoms with Crippen molar-refractivity contribution in [2.75, 3.05) is 0 Å². The molecular formula is C21H14N2O2S2. The van der Waals surface area contributed by atoms with E-state index >= 15 is 0 Å². The number of hydrogen-bond acceptors (Lipinski definition) is 5. The highest BCUT2D eigenvalue weighted by atomic mass is 32.2. The minimum Gasteiger partial charge on any atom is -0.218 e. The van der Waals surface area contributed by atoms with Crippen molar-refractivity contribution >= 4 is 27.3 Å². The van der Waals surface area contributed by atoms with Crippen molar-refractivity contribution < 1.29 is 8.42 Å². The summed E-state index contributed by atoms with van der Waals surface area (Å²) in [6.07, 6.45) is 1.36. The topological polar surface area (TPSA) is 81.7 Å². The van der Waals surface area contributed by atoms with Gasteiger partial charge in [0, 0.05) is 0 Å². The van der Waals surface area contributed by atoms with Crippen LogP contribution in [-0.4, -0.2) is 8.42 Å². The van der Waals surface area contributed by atoms with E-state index in [1.165, 1.54) is 29.5 Å². The molecule has 132 valence electrons. The monoisotopic (exact) mass is 390 g/mol. The summed E-state index contributed by atoms with van der Waals surface area (Å²) in [6, 6.07) is 19.2. The van der Waals surface area contributed by atoms with E-state index in [-0.39, 0.29) is 9.80 Å². The molecule has 0 bridgehead atoms. The van der Waals surface area contributed by atoms with Gasteiger partial charge in [-0.3, -0.25) is 0 Å². The summed E-state index contributed by atoms with van der Waals surface area (Å²) in [5.41, 5.74) is 3.01. The molecule has 0 spiro atoms. The highest BCUT2D eigenvalue weighted by Crippen LogP contribution is 2.30. The number of nitriles is 2. The van der Waals surface area contributed by atoms with Crippen LogP contribution in [0.3, 0.4) is 0 Å². The molecule has 3 rings (SSSR count). The van der Waals surface area contributed by atoms with Gasteiger partial charge in [0.05, 0.1) is 15.3 Å². The maximum absolute atomic E-state index is 12.7. The second-order valence-electron chi connectivity index (χ2n) is 5.83. The van der Waals surface area contributed by atoms with Gasteiger partial charge in [0.25, 0.3) is 0 Å². The second kappa shape index (κ2) is 7.59. The summed E-state index contributed by atoms with van der Waals surface area (Å²) < 4.78 is 25.4. The van der Waals surface area contributed by atoms with Crippen molar-refractivity contribution in [3.8, 4) is 22.6 Å². The van der Waals surface area contributed by atoms with Gasteiger partial charge in [-0.05, 0) is 47.7 Å². The lowest BCUT2D eigenvalue weighted by molar-refractivity contribution is 0.603. The lowest BCUT2D eigenvalue weighted by atomic mass is 10.1. The van der Waals surface area contributed by atoms with E-state index in [4.69, 9.17) is 5.26 Å². The molecule has 0 fully saturated rings. The number of nitrogens with zero attached hydrogens (tertiary/aromatic N) is 2. The molecule has 3 aromatic rings. The van der Waals surface area contributed by atoms with Crippen LogP contribution >= 0.6 is 11.3 Å². The van der Waals surface area contributed by atoms with Gasteiger partial charge >= 0.3 is 0 Å². The predicted molar refractivity (Wildman–Crippen MR) is 106 cm³/mol. The Kier molecular flexibility index (Phi) is 5.23. The average molecular weight is 390 g/mol. The molecule has 1 heterocycles. The Morgan fingerprint density at radius 1 is 1.00 bits per heavy atom. The van der Waals surface area contributed by atoms with Gasteiger partial charge in [-0.15, -0.1) is 11.3 Å². The highest BCUT2D eigenvalue weighted by molar-refractivity contribution is 7.95. The summed E-state index contributed by atoms with van der Waals surface area (Å²) in [4.78, 5) is 0.642. The third kappa shape index (κ3) is 3.83. The Labute approximate surface area is 162 Å². The molecule has 0 saturated carbocycles. The fraction of sp³-hybridized carbons (Fsp3) is 0.0476. The summed E-state index contributed by atoms with van der Waals surface area (Å²) in [5.74, 6) is 0. The maximum atomic E-state index is 12.7. The Morgan fingerprint density at radius 2 is 1.67 bits per heavy atom. The van der Waals surface area contributed by atoms with Crippen LogP contribution < -0.4 is 0 Å². The van der Waals surface area contributed by atoms with Crippen molar-refractivity contribution in [3.63, 3.8) is 0 Å². The summed E-state index contributed by atoms with van der Waals surface area (Å²) in [7, 11) is -3.87. The van der Waals surface area contributed by atoms with Gasteiger partial charge < -0.3 is 0 Å². The van der Waals surface area contributed by atoms with Crippen molar-refractivity contribution in [1.29, 1.82) is 10.5 Å². The third-order valence-corrected chi connectivity index (χ3v) is 6.63. The molecule has 6 heteroatoms. The number of aryl methyl sites for hydroxylation is 1. The number of sulfone groups is 1. The van der Waals surface area contributed by atoms with E-state index in [2.05, 4.69) is 6.07 Å².